The molecule has 0 amide bonds. The first-order valence-corrected chi connectivity index (χ1v) is 7.91. The molecule has 0 rings (SSSR count). The Kier molecular flexibility index (Phi) is 35.6. The number of halogens is 1. The Balaban J connectivity index is -0.000000116. The smallest absolute Gasteiger partial charge is 0.0459 e. The molecule has 0 aliphatic heterocycles. The zero-order chi connectivity index (χ0) is 14.2. The van der Waals surface area contributed by atoms with Crippen molar-refractivity contribution in [1.82, 2.24) is 0 Å². The summed E-state index contributed by atoms with van der Waals surface area (Å²) in [7, 11) is 0. The molecule has 0 aromatic heterocycles. The van der Waals surface area contributed by atoms with E-state index in [1.807, 2.05) is 0 Å². The van der Waals surface area contributed by atoms with Gasteiger partial charge in [0.05, 0.1) is 0 Å². The van der Waals surface area contributed by atoms with E-state index in [1.54, 1.807) is 0 Å². The fraction of sp³-hybridized carbons (Fsp3) is 1.00. The van der Waals surface area contributed by atoms with Crippen molar-refractivity contribution in [2.24, 2.45) is 11.8 Å². The van der Waals surface area contributed by atoms with Crippen LogP contribution >= 0.6 is 0 Å². The standard InChI is InChI=1S/2C8H18O.ClH.Fe/c2*1-3-5-6-8(4-2)7-9;;/h2*8-9H,3-7H2,1-2H3;1H;/p-1. The summed E-state index contributed by atoms with van der Waals surface area (Å²) in [6, 6.07) is 0. The molecule has 0 saturated heterocycles. The molecule has 0 aliphatic carbocycles. The van der Waals surface area contributed by atoms with Gasteiger partial charge in [-0.2, -0.15) is 0 Å². The van der Waals surface area contributed by atoms with Crippen LogP contribution in [-0.2, 0) is 17.1 Å². The monoisotopic (exact) mass is 351 g/mol. The van der Waals surface area contributed by atoms with Crippen molar-refractivity contribution in [2.45, 2.75) is 79.1 Å². The van der Waals surface area contributed by atoms with Crippen LogP contribution in [0.25, 0.3) is 0 Å². The van der Waals surface area contributed by atoms with E-state index in [4.69, 9.17) is 10.2 Å². The fourth-order valence-electron chi connectivity index (χ4n) is 1.83. The van der Waals surface area contributed by atoms with Gasteiger partial charge in [0.15, 0.2) is 0 Å². The van der Waals surface area contributed by atoms with Crippen molar-refractivity contribution in [2.75, 3.05) is 13.2 Å². The molecule has 2 N–H and O–H groups in total. The molecule has 0 spiro atoms. The third kappa shape index (κ3) is 21.0. The van der Waals surface area contributed by atoms with Gasteiger partial charge in [0.1, 0.15) is 0 Å². The van der Waals surface area contributed by atoms with Gasteiger partial charge in [-0.15, -0.1) is 0 Å². The summed E-state index contributed by atoms with van der Waals surface area (Å²) < 4.78 is 0. The molecule has 0 heterocycles. The molecule has 0 radical (unpaired) electrons. The van der Waals surface area contributed by atoms with Gasteiger partial charge < -0.3 is 22.6 Å². The zero-order valence-electron chi connectivity index (χ0n) is 13.9. The zero-order valence-corrected chi connectivity index (χ0v) is 15.7. The maximum Gasteiger partial charge on any atom is 0.0459 e. The van der Waals surface area contributed by atoms with Crippen molar-refractivity contribution in [1.29, 1.82) is 0 Å². The minimum absolute atomic E-state index is 0. The molecule has 0 saturated carbocycles. The van der Waals surface area contributed by atoms with Crippen LogP contribution < -0.4 is 12.4 Å². The molecule has 0 fully saturated rings. The van der Waals surface area contributed by atoms with Gasteiger partial charge in [0.2, 0.25) is 0 Å². The predicted octanol–water partition coefficient (Wildman–Crippen LogP) is 1.39. The average molecular weight is 352 g/mol. The summed E-state index contributed by atoms with van der Waals surface area (Å²) in [4.78, 5) is 0. The van der Waals surface area contributed by atoms with Crippen molar-refractivity contribution >= 4 is 0 Å². The van der Waals surface area contributed by atoms with E-state index in [1.165, 1.54) is 38.5 Å². The molecular weight excluding hydrogens is 315 g/mol. The molecule has 0 aromatic rings. The number of rotatable bonds is 10. The number of unbranched alkanes of at least 4 members (excludes halogenated alkanes) is 2. The van der Waals surface area contributed by atoms with Crippen LogP contribution in [0.1, 0.15) is 79.1 Å². The quantitative estimate of drug-likeness (QED) is 0.584. The van der Waals surface area contributed by atoms with E-state index < -0.39 is 0 Å². The second-order valence-electron chi connectivity index (χ2n) is 5.20. The summed E-state index contributed by atoms with van der Waals surface area (Å²) in [5, 5.41) is 17.5. The van der Waals surface area contributed by atoms with Gasteiger partial charge in [0, 0.05) is 30.3 Å². The van der Waals surface area contributed by atoms with Crippen LogP contribution in [-0.4, -0.2) is 23.4 Å². The van der Waals surface area contributed by atoms with E-state index in [-0.39, 0.29) is 29.5 Å². The van der Waals surface area contributed by atoms with E-state index in [0.29, 0.717) is 25.0 Å². The van der Waals surface area contributed by atoms with Crippen LogP contribution in [0.2, 0.25) is 0 Å². The molecule has 0 bridgehead atoms. The Morgan fingerprint density at radius 3 is 1.15 bits per heavy atom. The van der Waals surface area contributed by atoms with Crippen LogP contribution in [0.4, 0.5) is 0 Å². The first-order valence-electron chi connectivity index (χ1n) is 7.91. The molecule has 128 valence electrons. The third-order valence-electron chi connectivity index (χ3n) is 3.60. The number of aliphatic hydroxyl groups excluding tert-OH is 2. The molecule has 0 aromatic carbocycles. The van der Waals surface area contributed by atoms with Crippen LogP contribution in [0.3, 0.4) is 0 Å². The largest absolute Gasteiger partial charge is 1.00 e. The fourth-order valence-corrected chi connectivity index (χ4v) is 1.83. The molecule has 2 nitrogen and oxygen atoms in total. The minimum atomic E-state index is 0. The van der Waals surface area contributed by atoms with E-state index in [2.05, 4.69) is 27.7 Å². The van der Waals surface area contributed by atoms with Gasteiger partial charge in [-0.05, 0) is 24.7 Å². The van der Waals surface area contributed by atoms with Gasteiger partial charge >= 0.3 is 0 Å². The SMILES string of the molecule is CCCCC(CC)CO.CCCCC(CC)CO.[Cl-].[Fe]. The second kappa shape index (κ2) is 24.7. The average Bonchev–Trinajstić information content (AvgIpc) is 2.42. The van der Waals surface area contributed by atoms with Gasteiger partial charge in [0.25, 0.3) is 0 Å². The summed E-state index contributed by atoms with van der Waals surface area (Å²) in [5.41, 5.74) is 0. The van der Waals surface area contributed by atoms with Crippen molar-refractivity contribution in [3.05, 3.63) is 0 Å². The van der Waals surface area contributed by atoms with Crippen LogP contribution in [0, 0.1) is 11.8 Å². The van der Waals surface area contributed by atoms with Crippen LogP contribution in [0.15, 0.2) is 0 Å². The summed E-state index contributed by atoms with van der Waals surface area (Å²) in [5.74, 6) is 1.12. The van der Waals surface area contributed by atoms with Gasteiger partial charge in [-0.1, -0.05) is 66.2 Å². The normalized spacial score (nSPS) is 12.3. The first kappa shape index (κ1) is 28.8. The molecular formula is C16H36ClFeO2-. The molecule has 4 heteroatoms. The van der Waals surface area contributed by atoms with E-state index in [9.17, 15) is 0 Å². The van der Waals surface area contributed by atoms with Gasteiger partial charge in [-0.25, -0.2) is 0 Å². The van der Waals surface area contributed by atoms with Gasteiger partial charge in [-0.3, -0.25) is 0 Å². The van der Waals surface area contributed by atoms with Crippen molar-refractivity contribution < 1.29 is 39.7 Å². The number of hydrogen-bond donors (Lipinski definition) is 2. The Hall–Kier alpha value is 0.729. The second-order valence-corrected chi connectivity index (χ2v) is 5.20. The maximum atomic E-state index is 8.75. The Morgan fingerprint density at radius 1 is 0.700 bits per heavy atom. The topological polar surface area (TPSA) is 40.5 Å². The van der Waals surface area contributed by atoms with Crippen LogP contribution in [0.5, 0.6) is 0 Å². The minimum Gasteiger partial charge on any atom is -1.00 e. The summed E-state index contributed by atoms with van der Waals surface area (Å²) in [6.07, 6.45) is 9.66. The third-order valence-corrected chi connectivity index (χ3v) is 3.60. The van der Waals surface area contributed by atoms with Crippen molar-refractivity contribution in [3.8, 4) is 0 Å². The maximum absolute atomic E-state index is 8.75. The summed E-state index contributed by atoms with van der Waals surface area (Å²) in [6.45, 7) is 9.38. The Bertz CT molecular complexity index is 124. The molecule has 0 aliphatic rings. The Labute approximate surface area is 144 Å². The number of aliphatic hydroxyl groups is 2. The Morgan fingerprint density at radius 2 is 1.00 bits per heavy atom. The first-order chi connectivity index (χ1) is 8.69. The van der Waals surface area contributed by atoms with E-state index >= 15 is 0 Å². The predicted molar refractivity (Wildman–Crippen MR) is 80.8 cm³/mol. The summed E-state index contributed by atoms with van der Waals surface area (Å²) >= 11 is 0. The number of hydrogen-bond acceptors (Lipinski definition) is 2. The molecule has 20 heavy (non-hydrogen) atoms. The molecule has 2 atom stereocenters. The molecule has 2 unspecified atom stereocenters. The van der Waals surface area contributed by atoms with Crippen molar-refractivity contribution in [3.63, 3.8) is 0 Å². The van der Waals surface area contributed by atoms with E-state index in [0.717, 1.165) is 12.8 Å².